The normalized spacial score (nSPS) is 11.2. The molecule has 2 aromatic rings. The van der Waals surface area contributed by atoms with Crippen molar-refractivity contribution >= 4 is 29.9 Å². The second kappa shape index (κ2) is 12.5. The van der Waals surface area contributed by atoms with E-state index in [4.69, 9.17) is 14.0 Å². The van der Waals surface area contributed by atoms with Crippen LogP contribution < -0.4 is 14.8 Å². The number of nitrogens with zero attached hydrogens (tertiary/aromatic N) is 4. The number of methoxy groups -OCH3 is 2. The van der Waals surface area contributed by atoms with Crippen molar-refractivity contribution in [1.29, 1.82) is 0 Å². The number of hydrogen-bond donors (Lipinski definition) is 1. The number of aliphatic imine (C=N–C) groups is 1. The average Bonchev–Trinajstić information content (AvgIpc) is 3.16. The van der Waals surface area contributed by atoms with E-state index in [2.05, 4.69) is 25.3 Å². The van der Waals surface area contributed by atoms with Crippen LogP contribution in [0.3, 0.4) is 0 Å². The van der Waals surface area contributed by atoms with E-state index in [-0.39, 0.29) is 29.9 Å². The average molecular weight is 517 g/mol. The smallest absolute Gasteiger partial charge is 0.228 e. The van der Waals surface area contributed by atoms with Gasteiger partial charge in [-0.05, 0) is 19.1 Å². The third kappa shape index (κ3) is 7.37. The standard InChI is InChI=1S/C20H31N5O3.HI/c1-7-21-20(22-11-10-18-23-19(14(2)3)24-28-18)25(4)13-15-8-9-16(26-5)12-17(15)27-6;/h8-9,12,14H,7,10-11,13H2,1-6H3,(H,21,22);1H. The fourth-order valence-electron chi connectivity index (χ4n) is 2.64. The zero-order valence-electron chi connectivity index (χ0n) is 18.1. The summed E-state index contributed by atoms with van der Waals surface area (Å²) in [6, 6.07) is 5.82. The van der Waals surface area contributed by atoms with E-state index in [1.165, 1.54) is 0 Å². The maximum absolute atomic E-state index is 5.49. The molecular weight excluding hydrogens is 485 g/mol. The van der Waals surface area contributed by atoms with Gasteiger partial charge in [-0.1, -0.05) is 19.0 Å². The highest BCUT2D eigenvalue weighted by atomic mass is 127. The fraction of sp³-hybridized carbons (Fsp3) is 0.550. The van der Waals surface area contributed by atoms with Gasteiger partial charge >= 0.3 is 0 Å². The summed E-state index contributed by atoms with van der Waals surface area (Å²) in [5, 5.41) is 7.31. The van der Waals surface area contributed by atoms with Crippen molar-refractivity contribution in [2.75, 3.05) is 34.4 Å². The quantitative estimate of drug-likeness (QED) is 0.310. The maximum atomic E-state index is 5.49. The zero-order chi connectivity index (χ0) is 20.5. The van der Waals surface area contributed by atoms with Crippen LogP contribution in [0.1, 0.15) is 44.0 Å². The molecule has 2 rings (SSSR count). The Bertz CT molecular complexity index is 779. The van der Waals surface area contributed by atoms with E-state index in [1.54, 1.807) is 14.2 Å². The molecule has 0 aliphatic carbocycles. The molecule has 0 aliphatic rings. The highest BCUT2D eigenvalue weighted by molar-refractivity contribution is 14.0. The second-order valence-corrected chi connectivity index (χ2v) is 6.72. The number of ether oxygens (including phenoxy) is 2. The van der Waals surface area contributed by atoms with Gasteiger partial charge in [0.25, 0.3) is 0 Å². The molecule has 0 radical (unpaired) electrons. The molecule has 1 heterocycles. The minimum atomic E-state index is 0. The summed E-state index contributed by atoms with van der Waals surface area (Å²) in [5.41, 5.74) is 1.05. The molecule has 0 bridgehead atoms. The van der Waals surface area contributed by atoms with E-state index in [9.17, 15) is 0 Å². The van der Waals surface area contributed by atoms with E-state index in [1.807, 2.05) is 46.0 Å². The van der Waals surface area contributed by atoms with Crippen molar-refractivity contribution in [3.8, 4) is 11.5 Å². The largest absolute Gasteiger partial charge is 0.497 e. The summed E-state index contributed by atoms with van der Waals surface area (Å²) in [4.78, 5) is 11.1. The zero-order valence-corrected chi connectivity index (χ0v) is 20.4. The van der Waals surface area contributed by atoms with Crippen LogP contribution >= 0.6 is 24.0 Å². The van der Waals surface area contributed by atoms with Crippen LogP contribution in [-0.4, -0.2) is 55.4 Å². The van der Waals surface area contributed by atoms with Gasteiger partial charge in [-0.25, -0.2) is 0 Å². The van der Waals surface area contributed by atoms with Crippen molar-refractivity contribution in [3.63, 3.8) is 0 Å². The van der Waals surface area contributed by atoms with Crippen molar-refractivity contribution < 1.29 is 14.0 Å². The first-order chi connectivity index (χ1) is 13.5. The van der Waals surface area contributed by atoms with Gasteiger partial charge in [0, 0.05) is 44.1 Å². The molecule has 1 aromatic heterocycles. The Kier molecular flexibility index (Phi) is 10.8. The van der Waals surface area contributed by atoms with E-state index in [0.29, 0.717) is 25.4 Å². The van der Waals surface area contributed by atoms with Crippen LogP contribution in [0, 0.1) is 0 Å². The lowest BCUT2D eigenvalue weighted by molar-refractivity contribution is 0.372. The molecule has 29 heavy (non-hydrogen) atoms. The van der Waals surface area contributed by atoms with Crippen LogP contribution in [0.25, 0.3) is 0 Å². The topological polar surface area (TPSA) is 85.0 Å². The minimum absolute atomic E-state index is 0. The van der Waals surface area contributed by atoms with E-state index >= 15 is 0 Å². The number of benzene rings is 1. The summed E-state index contributed by atoms with van der Waals surface area (Å²) in [7, 11) is 5.30. The van der Waals surface area contributed by atoms with Crippen LogP contribution in [-0.2, 0) is 13.0 Å². The third-order valence-electron chi connectivity index (χ3n) is 4.19. The molecule has 8 nitrogen and oxygen atoms in total. The van der Waals surface area contributed by atoms with E-state index in [0.717, 1.165) is 35.4 Å². The van der Waals surface area contributed by atoms with Crippen LogP contribution in [0.15, 0.2) is 27.7 Å². The number of aromatic nitrogens is 2. The van der Waals surface area contributed by atoms with Gasteiger partial charge in [-0.15, -0.1) is 24.0 Å². The summed E-state index contributed by atoms with van der Waals surface area (Å²) >= 11 is 0. The SMILES string of the molecule is CCNC(=NCCc1nc(C(C)C)no1)N(C)Cc1ccc(OC)cc1OC.I. The number of nitrogens with one attached hydrogen (secondary N) is 1. The first-order valence-electron chi connectivity index (χ1n) is 9.51. The molecule has 0 amide bonds. The van der Waals surface area contributed by atoms with Crippen LogP contribution in [0.2, 0.25) is 0 Å². The molecule has 9 heteroatoms. The Morgan fingerprint density at radius 2 is 2.03 bits per heavy atom. The summed E-state index contributed by atoms with van der Waals surface area (Å²) in [5.74, 6) is 3.96. The molecule has 0 fully saturated rings. The van der Waals surface area contributed by atoms with Crippen molar-refractivity contribution in [2.45, 2.75) is 39.7 Å². The van der Waals surface area contributed by atoms with Gasteiger partial charge in [-0.2, -0.15) is 4.98 Å². The predicted octanol–water partition coefficient (Wildman–Crippen LogP) is 3.47. The Balaban J connectivity index is 0.00000420. The Morgan fingerprint density at radius 1 is 1.28 bits per heavy atom. The highest BCUT2D eigenvalue weighted by Gasteiger charge is 2.12. The van der Waals surface area contributed by atoms with Gasteiger partial charge in [0.1, 0.15) is 11.5 Å². The molecule has 1 aromatic carbocycles. The predicted molar refractivity (Wildman–Crippen MR) is 124 cm³/mol. The molecule has 0 saturated heterocycles. The van der Waals surface area contributed by atoms with Gasteiger partial charge < -0.3 is 24.2 Å². The number of hydrogen-bond acceptors (Lipinski definition) is 6. The van der Waals surface area contributed by atoms with Gasteiger partial charge in [0.05, 0.1) is 20.8 Å². The molecule has 0 spiro atoms. The summed E-state index contributed by atoms with van der Waals surface area (Å²) in [6.07, 6.45) is 0.605. The highest BCUT2D eigenvalue weighted by Crippen LogP contribution is 2.25. The van der Waals surface area contributed by atoms with Gasteiger partial charge in [-0.3, -0.25) is 4.99 Å². The minimum Gasteiger partial charge on any atom is -0.497 e. The molecule has 0 saturated carbocycles. The second-order valence-electron chi connectivity index (χ2n) is 6.72. The fourth-order valence-corrected chi connectivity index (χ4v) is 2.64. The first kappa shape index (κ1) is 25.0. The maximum Gasteiger partial charge on any atom is 0.228 e. The van der Waals surface area contributed by atoms with Crippen molar-refractivity contribution in [2.24, 2.45) is 4.99 Å². The lowest BCUT2D eigenvalue weighted by Crippen LogP contribution is -2.38. The van der Waals surface area contributed by atoms with E-state index < -0.39 is 0 Å². The van der Waals surface area contributed by atoms with Crippen molar-refractivity contribution in [1.82, 2.24) is 20.4 Å². The third-order valence-corrected chi connectivity index (χ3v) is 4.19. The number of rotatable bonds is 9. The molecule has 0 aliphatic heterocycles. The number of guanidine groups is 1. The summed E-state index contributed by atoms with van der Waals surface area (Å²) in [6.45, 7) is 8.12. The molecule has 1 N–H and O–H groups in total. The monoisotopic (exact) mass is 517 g/mol. The van der Waals surface area contributed by atoms with Gasteiger partial charge in [0.2, 0.25) is 5.89 Å². The summed E-state index contributed by atoms with van der Waals surface area (Å²) < 4.78 is 16.0. The number of halogens is 1. The Labute approximate surface area is 190 Å². The molecule has 162 valence electrons. The van der Waals surface area contributed by atoms with Gasteiger partial charge in [0.15, 0.2) is 11.8 Å². The Morgan fingerprint density at radius 3 is 2.62 bits per heavy atom. The molecule has 0 unspecified atom stereocenters. The molecule has 0 atom stereocenters. The lowest BCUT2D eigenvalue weighted by Gasteiger charge is -2.23. The first-order valence-corrected chi connectivity index (χ1v) is 9.51. The van der Waals surface area contributed by atoms with Crippen LogP contribution in [0.4, 0.5) is 0 Å². The lowest BCUT2D eigenvalue weighted by atomic mass is 10.2. The van der Waals surface area contributed by atoms with Crippen molar-refractivity contribution in [3.05, 3.63) is 35.5 Å². The van der Waals surface area contributed by atoms with Crippen LogP contribution in [0.5, 0.6) is 11.5 Å². The Hall–Kier alpha value is -2.04. The molecular formula is C20H32IN5O3.